The minimum atomic E-state index is 0.766. The third kappa shape index (κ3) is 1.38. The molecular formula is C12H8GaN2O. The van der Waals surface area contributed by atoms with Crippen LogP contribution in [-0.2, 0) is 0 Å². The van der Waals surface area contributed by atoms with Gasteiger partial charge in [-0.05, 0) is 0 Å². The molecule has 3 aromatic rings. The number of rotatable bonds is 1. The number of fused-ring (bicyclic) bond motifs is 3. The molecule has 4 heteroatoms. The second-order valence-corrected chi connectivity index (χ2v) is 4.10. The molecule has 0 fully saturated rings. The van der Waals surface area contributed by atoms with Crippen molar-refractivity contribution < 1.29 is 3.53 Å². The number of aromatic nitrogens is 2. The molecule has 0 aliphatic rings. The Kier molecular flexibility index (Phi) is 2.30. The topological polar surface area (TPSA) is 35.0 Å². The Labute approximate surface area is 103 Å². The van der Waals surface area contributed by atoms with E-state index >= 15 is 0 Å². The van der Waals surface area contributed by atoms with Crippen molar-refractivity contribution in [2.75, 3.05) is 0 Å². The Morgan fingerprint density at radius 3 is 2.88 bits per heavy atom. The van der Waals surface area contributed by atoms with Crippen LogP contribution in [0.1, 0.15) is 0 Å². The van der Waals surface area contributed by atoms with E-state index < -0.39 is 0 Å². The maximum absolute atomic E-state index is 5.48. The summed E-state index contributed by atoms with van der Waals surface area (Å²) in [4.78, 5) is 8.82. The van der Waals surface area contributed by atoms with Gasteiger partial charge in [-0.2, -0.15) is 0 Å². The van der Waals surface area contributed by atoms with Gasteiger partial charge in [0.25, 0.3) is 0 Å². The Bertz CT molecular complexity index is 669. The average molecular weight is 266 g/mol. The molecule has 0 atom stereocenters. The summed E-state index contributed by atoms with van der Waals surface area (Å²) < 4.78 is 5.48. The first-order valence-electron chi connectivity index (χ1n) is 4.94. The Morgan fingerprint density at radius 1 is 1.06 bits per heavy atom. The minimum absolute atomic E-state index is 0.766. The number of nitrogens with zero attached hydrogens (tertiary/aromatic N) is 2. The fourth-order valence-corrected chi connectivity index (χ4v) is 2.36. The third-order valence-corrected chi connectivity index (χ3v) is 3.23. The molecule has 0 unspecified atom stereocenters. The Morgan fingerprint density at radius 2 is 2.00 bits per heavy atom. The van der Waals surface area contributed by atoms with Gasteiger partial charge in [-0.1, -0.05) is 0 Å². The molecule has 0 saturated carbocycles. The summed E-state index contributed by atoms with van der Waals surface area (Å²) in [5, 5.41) is 2.05. The van der Waals surface area contributed by atoms with E-state index in [9.17, 15) is 0 Å². The normalized spacial score (nSPS) is 10.8. The van der Waals surface area contributed by atoms with E-state index in [1.807, 2.05) is 36.5 Å². The van der Waals surface area contributed by atoms with E-state index in [2.05, 4.69) is 9.97 Å². The molecule has 2 heterocycles. The van der Waals surface area contributed by atoms with E-state index in [-0.39, 0.29) is 0 Å². The summed E-state index contributed by atoms with van der Waals surface area (Å²) in [6.07, 6.45) is 3.64. The fourth-order valence-electron chi connectivity index (χ4n) is 1.86. The van der Waals surface area contributed by atoms with Crippen LogP contribution in [0.2, 0.25) is 0 Å². The van der Waals surface area contributed by atoms with Gasteiger partial charge in [0, 0.05) is 0 Å². The molecule has 2 aromatic heterocycles. The van der Waals surface area contributed by atoms with Gasteiger partial charge in [0.15, 0.2) is 0 Å². The average Bonchev–Trinajstić information content (AvgIpc) is 2.37. The molecule has 0 bridgehead atoms. The molecule has 0 N–H and O–H groups in total. The van der Waals surface area contributed by atoms with Gasteiger partial charge in [-0.15, -0.1) is 0 Å². The summed E-state index contributed by atoms with van der Waals surface area (Å²) in [6.45, 7) is 0. The van der Waals surface area contributed by atoms with Gasteiger partial charge < -0.3 is 0 Å². The predicted molar refractivity (Wildman–Crippen MR) is 64.8 cm³/mol. The molecular weight excluding hydrogens is 258 g/mol. The molecule has 1 radical (unpaired) electrons. The van der Waals surface area contributed by atoms with Crippen LogP contribution < -0.4 is 3.53 Å². The van der Waals surface area contributed by atoms with Crippen molar-refractivity contribution >= 4 is 40.8 Å². The third-order valence-electron chi connectivity index (χ3n) is 2.58. The van der Waals surface area contributed by atoms with Crippen LogP contribution in [0, 0.1) is 0 Å². The van der Waals surface area contributed by atoms with Crippen LogP contribution in [0.4, 0.5) is 0 Å². The molecule has 75 valence electrons. The molecule has 0 spiro atoms. The number of hydrogen-bond donors (Lipinski definition) is 0. The summed E-state index contributed by atoms with van der Waals surface area (Å²) in [5.74, 6) is 0.870. The van der Waals surface area contributed by atoms with Crippen molar-refractivity contribution in [2.24, 2.45) is 0 Å². The maximum atomic E-state index is 5.48. The first-order chi connectivity index (χ1) is 7.90. The van der Waals surface area contributed by atoms with Gasteiger partial charge in [-0.25, -0.2) is 0 Å². The second kappa shape index (κ2) is 3.81. The van der Waals surface area contributed by atoms with Crippen LogP contribution in [0.3, 0.4) is 0 Å². The first-order valence-corrected chi connectivity index (χ1v) is 6.16. The molecule has 0 amide bonds. The quantitative estimate of drug-likeness (QED) is 0.499. The van der Waals surface area contributed by atoms with Crippen molar-refractivity contribution in [3.63, 3.8) is 0 Å². The summed E-state index contributed by atoms with van der Waals surface area (Å²) in [6, 6.07) is 9.82. The van der Waals surface area contributed by atoms with Gasteiger partial charge in [0.05, 0.1) is 0 Å². The van der Waals surface area contributed by atoms with E-state index in [0.29, 0.717) is 0 Å². The number of benzene rings is 1. The van der Waals surface area contributed by atoms with Crippen LogP contribution >= 0.6 is 0 Å². The van der Waals surface area contributed by atoms with Crippen molar-refractivity contribution in [1.29, 1.82) is 0 Å². The fraction of sp³-hybridized carbons (Fsp3) is 0. The van der Waals surface area contributed by atoms with E-state index in [1.165, 1.54) is 0 Å². The van der Waals surface area contributed by atoms with Crippen LogP contribution in [0.5, 0.6) is 5.75 Å². The SMILES string of the molecule is [GaH][O]c1cccc2ncc3cccnc3c12. The van der Waals surface area contributed by atoms with Gasteiger partial charge in [0.2, 0.25) is 0 Å². The molecule has 3 rings (SSSR count). The zero-order valence-corrected chi connectivity index (χ0v) is 11.5. The molecule has 16 heavy (non-hydrogen) atoms. The first kappa shape index (κ1) is 9.68. The van der Waals surface area contributed by atoms with Crippen molar-refractivity contribution in [2.45, 2.75) is 0 Å². The predicted octanol–water partition coefficient (Wildman–Crippen LogP) is 1.98. The summed E-state index contributed by atoms with van der Waals surface area (Å²) in [7, 11) is 0. The zero-order chi connectivity index (χ0) is 11.0. The second-order valence-electron chi connectivity index (χ2n) is 3.49. The molecule has 1 aromatic carbocycles. The molecule has 3 nitrogen and oxygen atoms in total. The Balaban J connectivity index is 2.57. The molecule has 0 saturated heterocycles. The van der Waals surface area contributed by atoms with Gasteiger partial charge >= 0.3 is 103 Å². The molecule has 0 aliphatic carbocycles. The van der Waals surface area contributed by atoms with E-state index in [1.54, 1.807) is 6.20 Å². The zero-order valence-electron chi connectivity index (χ0n) is 8.55. The van der Waals surface area contributed by atoms with Crippen LogP contribution in [0.25, 0.3) is 21.8 Å². The standard InChI is InChI=1S/C12H8N2O.Ga.H/c15-10-5-1-4-9-11(10)12-8(7-14-9)3-2-6-13-12;;/h1-7,15H;;/q;+1;/p-1. The van der Waals surface area contributed by atoms with Crippen molar-refractivity contribution in [3.05, 3.63) is 42.7 Å². The van der Waals surface area contributed by atoms with Gasteiger partial charge in [-0.3, -0.25) is 0 Å². The van der Waals surface area contributed by atoms with E-state index in [0.717, 1.165) is 46.5 Å². The summed E-state index contributed by atoms with van der Waals surface area (Å²) >= 11 is 0.766. The molecule has 0 aliphatic heterocycles. The number of pyridine rings is 2. The Hall–Kier alpha value is -1.52. The van der Waals surface area contributed by atoms with Crippen molar-refractivity contribution in [3.8, 4) is 5.75 Å². The van der Waals surface area contributed by atoms with Gasteiger partial charge in [0.1, 0.15) is 0 Å². The van der Waals surface area contributed by atoms with E-state index in [4.69, 9.17) is 3.53 Å². The monoisotopic (exact) mass is 265 g/mol. The number of hydrogen-bond acceptors (Lipinski definition) is 3. The summed E-state index contributed by atoms with van der Waals surface area (Å²) in [5.41, 5.74) is 1.88. The van der Waals surface area contributed by atoms with Crippen LogP contribution in [-0.4, -0.2) is 28.9 Å². The van der Waals surface area contributed by atoms with Crippen LogP contribution in [0.15, 0.2) is 42.7 Å². The van der Waals surface area contributed by atoms with Crippen molar-refractivity contribution in [1.82, 2.24) is 9.97 Å².